The maximum Gasteiger partial charge on any atom is 0.158 e. The van der Waals surface area contributed by atoms with Gasteiger partial charge in [0.15, 0.2) is 5.82 Å². The molecule has 4 N–H and O–H groups in total. The predicted octanol–water partition coefficient (Wildman–Crippen LogP) is 1.28. The van der Waals surface area contributed by atoms with Crippen LogP contribution in [-0.2, 0) is 16.1 Å². The molecule has 0 bridgehead atoms. The first-order valence-electron chi connectivity index (χ1n) is 7.01. The minimum absolute atomic E-state index is 0.276. The molecule has 1 aliphatic heterocycles. The van der Waals surface area contributed by atoms with Crippen LogP contribution in [0.25, 0.3) is 0 Å². The van der Waals surface area contributed by atoms with E-state index >= 15 is 0 Å². The highest BCUT2D eigenvalue weighted by molar-refractivity contribution is 5.47. The maximum atomic E-state index is 5.54. The number of nitrogen functional groups attached to an aromatic ring is 1. The number of ether oxygens (including phenoxy) is 2. The molecule has 1 aromatic heterocycles. The third-order valence-corrected chi connectivity index (χ3v) is 3.19. The van der Waals surface area contributed by atoms with Crippen molar-refractivity contribution >= 4 is 11.6 Å². The van der Waals surface area contributed by atoms with Crippen LogP contribution in [0, 0.1) is 0 Å². The van der Waals surface area contributed by atoms with E-state index in [4.69, 9.17) is 15.3 Å². The van der Waals surface area contributed by atoms with E-state index in [0.29, 0.717) is 30.9 Å². The molecule has 0 aliphatic carbocycles. The SMILES string of the molecule is CCOCc1nc(NN)cc(NC2CCOC(C)C2)n1. The van der Waals surface area contributed by atoms with Crippen molar-refractivity contribution in [3.05, 3.63) is 11.9 Å². The van der Waals surface area contributed by atoms with E-state index in [1.54, 1.807) is 6.07 Å². The quantitative estimate of drug-likeness (QED) is 0.534. The number of nitrogens with one attached hydrogen (secondary N) is 2. The molecule has 0 spiro atoms. The van der Waals surface area contributed by atoms with E-state index in [0.717, 1.165) is 25.3 Å². The molecular formula is C13H23N5O2. The van der Waals surface area contributed by atoms with E-state index in [2.05, 4.69) is 27.6 Å². The number of aromatic nitrogens is 2. The molecule has 2 rings (SSSR count). The van der Waals surface area contributed by atoms with Gasteiger partial charge in [-0.2, -0.15) is 0 Å². The van der Waals surface area contributed by atoms with E-state index in [1.165, 1.54) is 0 Å². The molecule has 1 aliphatic rings. The van der Waals surface area contributed by atoms with Gasteiger partial charge in [-0.05, 0) is 26.7 Å². The third kappa shape index (κ3) is 4.29. The van der Waals surface area contributed by atoms with Gasteiger partial charge >= 0.3 is 0 Å². The second-order valence-corrected chi connectivity index (χ2v) is 4.88. The molecule has 0 radical (unpaired) electrons. The highest BCUT2D eigenvalue weighted by atomic mass is 16.5. The molecule has 1 saturated heterocycles. The number of hydrogen-bond acceptors (Lipinski definition) is 7. The minimum atomic E-state index is 0.276. The molecule has 0 aromatic carbocycles. The van der Waals surface area contributed by atoms with E-state index < -0.39 is 0 Å². The lowest BCUT2D eigenvalue weighted by atomic mass is 10.0. The number of hydrogen-bond donors (Lipinski definition) is 3. The molecular weight excluding hydrogens is 258 g/mol. The summed E-state index contributed by atoms with van der Waals surface area (Å²) in [5.41, 5.74) is 2.56. The van der Waals surface area contributed by atoms with Crippen LogP contribution in [0.2, 0.25) is 0 Å². The summed E-state index contributed by atoms with van der Waals surface area (Å²) < 4.78 is 10.9. The van der Waals surface area contributed by atoms with Gasteiger partial charge in [-0.3, -0.25) is 0 Å². The number of rotatable bonds is 6. The highest BCUT2D eigenvalue weighted by Crippen LogP contribution is 2.19. The lowest BCUT2D eigenvalue weighted by Crippen LogP contribution is -2.33. The standard InChI is InChI=1S/C13H23N5O2/c1-3-19-8-13-16-11(7-12(17-13)18-14)15-10-4-5-20-9(2)6-10/h7,9-10H,3-6,8,14H2,1-2H3,(H2,15,16,17,18). The average molecular weight is 281 g/mol. The van der Waals surface area contributed by atoms with E-state index in [1.807, 2.05) is 6.92 Å². The molecule has 7 heteroatoms. The fraction of sp³-hybridized carbons (Fsp3) is 0.692. The average Bonchev–Trinajstić information content (AvgIpc) is 2.45. The van der Waals surface area contributed by atoms with Gasteiger partial charge < -0.3 is 20.2 Å². The fourth-order valence-electron chi connectivity index (χ4n) is 2.24. The molecule has 20 heavy (non-hydrogen) atoms. The van der Waals surface area contributed by atoms with Gasteiger partial charge in [0.25, 0.3) is 0 Å². The first-order chi connectivity index (χ1) is 9.71. The van der Waals surface area contributed by atoms with Crippen molar-refractivity contribution in [3.8, 4) is 0 Å². The minimum Gasteiger partial charge on any atom is -0.378 e. The zero-order chi connectivity index (χ0) is 14.4. The van der Waals surface area contributed by atoms with Crippen molar-refractivity contribution < 1.29 is 9.47 Å². The summed E-state index contributed by atoms with van der Waals surface area (Å²) in [5.74, 6) is 7.40. The van der Waals surface area contributed by atoms with Crippen molar-refractivity contribution in [1.29, 1.82) is 0 Å². The Hall–Kier alpha value is -1.44. The topological polar surface area (TPSA) is 94.3 Å². The molecule has 1 fully saturated rings. The predicted molar refractivity (Wildman–Crippen MR) is 77.2 cm³/mol. The Morgan fingerprint density at radius 2 is 2.25 bits per heavy atom. The van der Waals surface area contributed by atoms with Crippen LogP contribution in [0.5, 0.6) is 0 Å². The molecule has 1 aromatic rings. The van der Waals surface area contributed by atoms with Crippen molar-refractivity contribution in [2.75, 3.05) is 24.0 Å². The second-order valence-electron chi connectivity index (χ2n) is 4.88. The lowest BCUT2D eigenvalue weighted by Gasteiger charge is -2.28. The Morgan fingerprint density at radius 1 is 1.45 bits per heavy atom. The molecule has 2 atom stereocenters. The largest absolute Gasteiger partial charge is 0.378 e. The summed E-state index contributed by atoms with van der Waals surface area (Å²) in [7, 11) is 0. The van der Waals surface area contributed by atoms with Gasteiger partial charge in [0.2, 0.25) is 0 Å². The van der Waals surface area contributed by atoms with Crippen LogP contribution >= 0.6 is 0 Å². The normalized spacial score (nSPS) is 22.6. The van der Waals surface area contributed by atoms with Crippen LogP contribution in [0.3, 0.4) is 0 Å². The first-order valence-corrected chi connectivity index (χ1v) is 7.01. The molecule has 7 nitrogen and oxygen atoms in total. The van der Waals surface area contributed by atoms with Crippen molar-refractivity contribution in [2.24, 2.45) is 5.84 Å². The fourth-order valence-corrected chi connectivity index (χ4v) is 2.24. The molecule has 2 unspecified atom stereocenters. The van der Waals surface area contributed by atoms with Gasteiger partial charge in [-0.1, -0.05) is 0 Å². The monoisotopic (exact) mass is 281 g/mol. The molecule has 0 saturated carbocycles. The van der Waals surface area contributed by atoms with Crippen LogP contribution in [0.15, 0.2) is 6.07 Å². The molecule has 0 amide bonds. The van der Waals surface area contributed by atoms with Crippen LogP contribution < -0.4 is 16.6 Å². The van der Waals surface area contributed by atoms with Crippen LogP contribution in [0.1, 0.15) is 32.5 Å². The Bertz CT molecular complexity index is 429. The van der Waals surface area contributed by atoms with Gasteiger partial charge in [0.1, 0.15) is 18.2 Å². The smallest absolute Gasteiger partial charge is 0.158 e. The maximum absolute atomic E-state index is 5.54. The Morgan fingerprint density at radius 3 is 2.95 bits per heavy atom. The van der Waals surface area contributed by atoms with Gasteiger partial charge in [0.05, 0.1) is 6.10 Å². The van der Waals surface area contributed by atoms with Gasteiger partial charge in [0, 0.05) is 25.3 Å². The zero-order valence-electron chi connectivity index (χ0n) is 12.1. The zero-order valence-corrected chi connectivity index (χ0v) is 12.1. The Balaban J connectivity index is 2.05. The summed E-state index contributed by atoms with van der Waals surface area (Å²) in [6, 6.07) is 2.16. The first kappa shape index (κ1) is 15.0. The second kappa shape index (κ2) is 7.37. The van der Waals surface area contributed by atoms with Crippen molar-refractivity contribution in [1.82, 2.24) is 9.97 Å². The molecule has 112 valence electrons. The lowest BCUT2D eigenvalue weighted by molar-refractivity contribution is 0.0231. The van der Waals surface area contributed by atoms with E-state index in [-0.39, 0.29) is 6.10 Å². The van der Waals surface area contributed by atoms with Gasteiger partial charge in [-0.15, -0.1) is 0 Å². The Labute approximate surface area is 119 Å². The number of nitrogens with two attached hydrogens (primary N) is 1. The summed E-state index contributed by atoms with van der Waals surface area (Å²) in [5, 5.41) is 3.42. The summed E-state index contributed by atoms with van der Waals surface area (Å²) in [6.07, 6.45) is 2.22. The van der Waals surface area contributed by atoms with Crippen molar-refractivity contribution in [3.63, 3.8) is 0 Å². The molecule has 2 heterocycles. The van der Waals surface area contributed by atoms with E-state index in [9.17, 15) is 0 Å². The van der Waals surface area contributed by atoms with Crippen LogP contribution in [-0.4, -0.2) is 35.3 Å². The highest BCUT2D eigenvalue weighted by Gasteiger charge is 2.19. The number of anilines is 2. The Kier molecular flexibility index (Phi) is 5.51. The van der Waals surface area contributed by atoms with Crippen molar-refractivity contribution in [2.45, 2.75) is 45.4 Å². The summed E-state index contributed by atoms with van der Waals surface area (Å²) >= 11 is 0. The summed E-state index contributed by atoms with van der Waals surface area (Å²) in [6.45, 7) is 5.81. The van der Waals surface area contributed by atoms with Gasteiger partial charge in [-0.25, -0.2) is 15.8 Å². The van der Waals surface area contributed by atoms with Crippen LogP contribution in [0.4, 0.5) is 11.6 Å². The number of nitrogens with zero attached hydrogens (tertiary/aromatic N) is 2. The summed E-state index contributed by atoms with van der Waals surface area (Å²) in [4.78, 5) is 8.71. The third-order valence-electron chi connectivity index (χ3n) is 3.19. The number of hydrazine groups is 1.